The maximum absolute atomic E-state index is 12.0. The van der Waals surface area contributed by atoms with E-state index in [-0.39, 0.29) is 12.4 Å². The van der Waals surface area contributed by atoms with Gasteiger partial charge >= 0.3 is 0 Å². The van der Waals surface area contributed by atoms with Crippen molar-refractivity contribution in [2.45, 2.75) is 43.9 Å². The van der Waals surface area contributed by atoms with Crippen LogP contribution in [0.4, 0.5) is 0 Å². The van der Waals surface area contributed by atoms with E-state index in [1.807, 2.05) is 19.1 Å². The molecule has 3 nitrogen and oxygen atoms in total. The van der Waals surface area contributed by atoms with Gasteiger partial charge in [0.15, 0.2) is 9.84 Å². The van der Waals surface area contributed by atoms with Crippen molar-refractivity contribution in [3.05, 3.63) is 29.8 Å². The zero-order valence-corrected chi connectivity index (χ0v) is 11.7. The standard InChI is InChI=1S/C14H22O3S/c1-13-7-9-14(10-8-13)18(16,17)12-6-4-2-3-5-11-15/h7-10,15H,2-6,11-12H2,1H3. The van der Waals surface area contributed by atoms with Gasteiger partial charge < -0.3 is 5.11 Å². The van der Waals surface area contributed by atoms with Gasteiger partial charge in [-0.25, -0.2) is 8.42 Å². The molecule has 1 aromatic rings. The Labute approximate surface area is 110 Å². The molecule has 0 spiro atoms. The maximum Gasteiger partial charge on any atom is 0.178 e. The van der Waals surface area contributed by atoms with Crippen molar-refractivity contribution in [2.75, 3.05) is 12.4 Å². The molecule has 0 aliphatic carbocycles. The van der Waals surface area contributed by atoms with Gasteiger partial charge in [-0.05, 0) is 31.9 Å². The van der Waals surface area contributed by atoms with Crippen molar-refractivity contribution >= 4 is 9.84 Å². The van der Waals surface area contributed by atoms with Crippen molar-refractivity contribution < 1.29 is 13.5 Å². The van der Waals surface area contributed by atoms with Gasteiger partial charge in [0, 0.05) is 6.61 Å². The molecule has 1 aromatic carbocycles. The third-order valence-corrected chi connectivity index (χ3v) is 4.77. The molecule has 0 saturated carbocycles. The SMILES string of the molecule is Cc1ccc(S(=O)(=O)CCCCCCCO)cc1. The summed E-state index contributed by atoms with van der Waals surface area (Å²) in [6, 6.07) is 7.01. The van der Waals surface area contributed by atoms with Crippen LogP contribution < -0.4 is 0 Å². The van der Waals surface area contributed by atoms with E-state index in [9.17, 15) is 8.42 Å². The molecule has 0 unspecified atom stereocenters. The number of hydrogen-bond acceptors (Lipinski definition) is 3. The van der Waals surface area contributed by atoms with E-state index in [2.05, 4.69) is 0 Å². The van der Waals surface area contributed by atoms with Gasteiger partial charge in [-0.15, -0.1) is 0 Å². The average Bonchev–Trinajstić information content (AvgIpc) is 2.34. The Bertz CT molecular complexity index is 435. The molecular formula is C14H22O3S. The summed E-state index contributed by atoms with van der Waals surface area (Å²) in [6.07, 6.45) is 4.38. The average molecular weight is 270 g/mol. The topological polar surface area (TPSA) is 54.4 Å². The first-order valence-corrected chi connectivity index (χ1v) is 8.12. The number of aryl methyl sites for hydroxylation is 1. The Balaban J connectivity index is 2.38. The third-order valence-electron chi connectivity index (χ3n) is 2.95. The monoisotopic (exact) mass is 270 g/mol. The fraction of sp³-hybridized carbons (Fsp3) is 0.571. The Morgan fingerprint density at radius 2 is 1.50 bits per heavy atom. The molecule has 0 heterocycles. The van der Waals surface area contributed by atoms with Gasteiger partial charge in [0.1, 0.15) is 0 Å². The zero-order valence-electron chi connectivity index (χ0n) is 10.9. The van der Waals surface area contributed by atoms with E-state index in [1.165, 1.54) is 0 Å². The molecule has 0 aliphatic heterocycles. The summed E-state index contributed by atoms with van der Waals surface area (Å²) in [5.74, 6) is 0.217. The maximum atomic E-state index is 12.0. The molecule has 0 radical (unpaired) electrons. The molecule has 1 N–H and O–H groups in total. The second kappa shape index (κ2) is 7.54. The Morgan fingerprint density at radius 3 is 2.11 bits per heavy atom. The second-order valence-corrected chi connectivity index (χ2v) is 6.73. The molecule has 0 bridgehead atoms. The van der Waals surface area contributed by atoms with Crippen LogP contribution >= 0.6 is 0 Å². The number of aliphatic hydroxyl groups excluding tert-OH is 1. The fourth-order valence-electron chi connectivity index (χ4n) is 1.80. The van der Waals surface area contributed by atoms with Crippen LogP contribution in [0, 0.1) is 6.92 Å². The van der Waals surface area contributed by atoms with Crippen LogP contribution in [-0.4, -0.2) is 25.9 Å². The van der Waals surface area contributed by atoms with E-state index >= 15 is 0 Å². The van der Waals surface area contributed by atoms with Crippen molar-refractivity contribution in [2.24, 2.45) is 0 Å². The first-order valence-electron chi connectivity index (χ1n) is 6.46. The molecule has 0 aromatic heterocycles. The molecule has 0 amide bonds. The molecule has 1 rings (SSSR count). The number of unbranched alkanes of at least 4 members (excludes halogenated alkanes) is 4. The van der Waals surface area contributed by atoms with Crippen molar-refractivity contribution in [1.29, 1.82) is 0 Å². The Morgan fingerprint density at radius 1 is 0.944 bits per heavy atom. The lowest BCUT2D eigenvalue weighted by molar-refractivity contribution is 0.282. The lowest BCUT2D eigenvalue weighted by atomic mass is 10.2. The summed E-state index contributed by atoms with van der Waals surface area (Å²) in [6.45, 7) is 2.17. The molecule has 0 fully saturated rings. The van der Waals surface area contributed by atoms with Gasteiger partial charge in [-0.2, -0.15) is 0 Å². The smallest absolute Gasteiger partial charge is 0.178 e. The van der Waals surface area contributed by atoms with Crippen LogP contribution in [0.1, 0.15) is 37.7 Å². The van der Waals surface area contributed by atoms with Gasteiger partial charge in [-0.3, -0.25) is 0 Å². The highest BCUT2D eigenvalue weighted by molar-refractivity contribution is 7.91. The number of hydrogen-bond donors (Lipinski definition) is 1. The van der Waals surface area contributed by atoms with Crippen molar-refractivity contribution in [3.8, 4) is 0 Å². The van der Waals surface area contributed by atoms with Crippen LogP contribution in [0.5, 0.6) is 0 Å². The van der Waals surface area contributed by atoms with Gasteiger partial charge in [-0.1, -0.05) is 37.0 Å². The first kappa shape index (κ1) is 15.2. The fourth-order valence-corrected chi connectivity index (χ4v) is 3.17. The van der Waals surface area contributed by atoms with Crippen LogP contribution in [0.2, 0.25) is 0 Å². The molecule has 18 heavy (non-hydrogen) atoms. The molecule has 0 atom stereocenters. The van der Waals surface area contributed by atoms with E-state index in [4.69, 9.17) is 5.11 Å². The summed E-state index contributed by atoms with van der Waals surface area (Å²) in [7, 11) is -3.12. The minimum absolute atomic E-state index is 0.217. The quantitative estimate of drug-likeness (QED) is 0.739. The summed E-state index contributed by atoms with van der Waals surface area (Å²) in [5.41, 5.74) is 1.07. The van der Waals surface area contributed by atoms with E-state index in [0.29, 0.717) is 11.3 Å². The lowest BCUT2D eigenvalue weighted by Gasteiger charge is -2.05. The summed E-state index contributed by atoms with van der Waals surface area (Å²) >= 11 is 0. The molecule has 0 saturated heterocycles. The minimum Gasteiger partial charge on any atom is -0.396 e. The number of benzene rings is 1. The van der Waals surface area contributed by atoms with Crippen LogP contribution in [-0.2, 0) is 9.84 Å². The van der Waals surface area contributed by atoms with Crippen molar-refractivity contribution in [3.63, 3.8) is 0 Å². The normalized spacial score (nSPS) is 11.7. The van der Waals surface area contributed by atoms with E-state index in [0.717, 1.165) is 31.2 Å². The highest BCUT2D eigenvalue weighted by atomic mass is 32.2. The molecule has 0 aliphatic rings. The molecular weight excluding hydrogens is 248 g/mol. The predicted octanol–water partition coefficient (Wildman–Crippen LogP) is 2.71. The molecule has 102 valence electrons. The highest BCUT2D eigenvalue weighted by Gasteiger charge is 2.13. The first-order chi connectivity index (χ1) is 8.56. The van der Waals surface area contributed by atoms with Gasteiger partial charge in [0.25, 0.3) is 0 Å². The third kappa shape index (κ3) is 5.19. The number of rotatable bonds is 8. The summed E-state index contributed by atoms with van der Waals surface area (Å²) < 4.78 is 24.0. The number of aliphatic hydroxyl groups is 1. The van der Waals surface area contributed by atoms with Crippen LogP contribution in [0.15, 0.2) is 29.2 Å². The van der Waals surface area contributed by atoms with E-state index < -0.39 is 9.84 Å². The van der Waals surface area contributed by atoms with Crippen LogP contribution in [0.3, 0.4) is 0 Å². The summed E-state index contributed by atoms with van der Waals surface area (Å²) in [4.78, 5) is 0.420. The van der Waals surface area contributed by atoms with Crippen molar-refractivity contribution in [1.82, 2.24) is 0 Å². The highest BCUT2D eigenvalue weighted by Crippen LogP contribution is 2.14. The number of sulfone groups is 1. The van der Waals surface area contributed by atoms with Gasteiger partial charge in [0.2, 0.25) is 0 Å². The van der Waals surface area contributed by atoms with E-state index in [1.54, 1.807) is 12.1 Å². The second-order valence-electron chi connectivity index (χ2n) is 4.62. The zero-order chi connectivity index (χ0) is 13.4. The molecule has 4 heteroatoms. The largest absolute Gasteiger partial charge is 0.396 e. The predicted molar refractivity (Wildman–Crippen MR) is 73.4 cm³/mol. The Kier molecular flexibility index (Phi) is 6.36. The van der Waals surface area contributed by atoms with Gasteiger partial charge in [0.05, 0.1) is 10.6 Å². The van der Waals surface area contributed by atoms with Crippen LogP contribution in [0.25, 0.3) is 0 Å². The minimum atomic E-state index is -3.12. The summed E-state index contributed by atoms with van der Waals surface area (Å²) in [5, 5.41) is 8.63. The lowest BCUT2D eigenvalue weighted by Crippen LogP contribution is -2.06. The Hall–Kier alpha value is -0.870.